The summed E-state index contributed by atoms with van der Waals surface area (Å²) < 4.78 is 5.70. The van der Waals surface area contributed by atoms with E-state index in [0.29, 0.717) is 6.10 Å². The zero-order chi connectivity index (χ0) is 12.8. The van der Waals surface area contributed by atoms with Gasteiger partial charge in [0.05, 0.1) is 12.7 Å². The molecule has 0 bridgehead atoms. The average molecular weight is 246 g/mol. The Morgan fingerprint density at radius 1 is 1.44 bits per heavy atom. The fraction of sp³-hybridized carbons (Fsp3) is 0.467. The predicted molar refractivity (Wildman–Crippen MR) is 75.6 cm³/mol. The van der Waals surface area contributed by atoms with E-state index in [0.717, 1.165) is 38.4 Å². The minimum Gasteiger partial charge on any atom is -0.374 e. The molecule has 0 spiro atoms. The number of hydrogen-bond acceptors (Lipinski definition) is 3. The number of morpholine rings is 1. The molecule has 3 heteroatoms. The van der Waals surface area contributed by atoms with Crippen molar-refractivity contribution in [2.24, 2.45) is 0 Å². The summed E-state index contributed by atoms with van der Waals surface area (Å²) in [7, 11) is 2.12. The number of nitrogens with one attached hydrogen (secondary N) is 1. The fourth-order valence-corrected chi connectivity index (χ4v) is 2.24. The van der Waals surface area contributed by atoms with E-state index >= 15 is 0 Å². The monoisotopic (exact) mass is 246 g/mol. The summed E-state index contributed by atoms with van der Waals surface area (Å²) in [6.45, 7) is 8.72. The highest BCUT2D eigenvalue weighted by atomic mass is 16.5. The Morgan fingerprint density at radius 2 is 2.22 bits per heavy atom. The predicted octanol–water partition coefficient (Wildman–Crippen LogP) is 1.62. The molecule has 1 heterocycles. The molecule has 1 aliphatic heterocycles. The average Bonchev–Trinajstić information content (AvgIpc) is 2.40. The molecule has 98 valence electrons. The Balaban J connectivity index is 1.80. The molecule has 18 heavy (non-hydrogen) atoms. The van der Waals surface area contributed by atoms with E-state index in [1.807, 2.05) is 6.07 Å². The first-order valence-corrected chi connectivity index (χ1v) is 6.50. The second-order valence-corrected chi connectivity index (χ2v) is 4.86. The minimum atomic E-state index is 0.298. The fourth-order valence-electron chi connectivity index (χ4n) is 2.24. The molecule has 1 aromatic carbocycles. The van der Waals surface area contributed by atoms with Crippen molar-refractivity contribution in [3.63, 3.8) is 0 Å². The Labute approximate surface area is 109 Å². The van der Waals surface area contributed by atoms with Crippen molar-refractivity contribution in [3.05, 3.63) is 42.5 Å². The van der Waals surface area contributed by atoms with Gasteiger partial charge >= 0.3 is 0 Å². The molecule has 1 saturated heterocycles. The lowest BCUT2D eigenvalue weighted by molar-refractivity contribution is 0.0121. The van der Waals surface area contributed by atoms with Crippen molar-refractivity contribution in [3.8, 4) is 0 Å². The van der Waals surface area contributed by atoms with Crippen LogP contribution in [0.15, 0.2) is 36.9 Å². The van der Waals surface area contributed by atoms with Gasteiger partial charge in [0.25, 0.3) is 0 Å². The number of likely N-dealkylation sites (N-methyl/N-ethyl adjacent to an activating group) is 1. The third kappa shape index (κ3) is 3.95. The van der Waals surface area contributed by atoms with Crippen LogP contribution in [0.25, 0.3) is 5.57 Å². The Morgan fingerprint density at radius 3 is 2.89 bits per heavy atom. The van der Waals surface area contributed by atoms with Gasteiger partial charge in [-0.05, 0) is 18.2 Å². The largest absolute Gasteiger partial charge is 0.374 e. The highest BCUT2D eigenvalue weighted by Crippen LogP contribution is 2.13. The van der Waals surface area contributed by atoms with Crippen LogP contribution >= 0.6 is 0 Å². The molecule has 3 nitrogen and oxygen atoms in total. The van der Waals surface area contributed by atoms with Crippen LogP contribution < -0.4 is 5.32 Å². The van der Waals surface area contributed by atoms with Crippen LogP contribution in [0.1, 0.15) is 5.56 Å². The summed E-state index contributed by atoms with van der Waals surface area (Å²) in [5.41, 5.74) is 2.37. The van der Waals surface area contributed by atoms with E-state index < -0.39 is 0 Å². The van der Waals surface area contributed by atoms with Crippen molar-refractivity contribution in [2.75, 3.05) is 39.8 Å². The summed E-state index contributed by atoms with van der Waals surface area (Å²) >= 11 is 0. The third-order valence-electron chi connectivity index (χ3n) is 3.16. The highest BCUT2D eigenvalue weighted by Gasteiger charge is 2.15. The SMILES string of the molecule is C=C(CN(C)CC1CNCCO1)c1ccccc1. The van der Waals surface area contributed by atoms with Crippen molar-refractivity contribution in [1.82, 2.24) is 10.2 Å². The maximum absolute atomic E-state index is 5.70. The first-order valence-electron chi connectivity index (χ1n) is 6.50. The Kier molecular flexibility index (Phi) is 4.93. The van der Waals surface area contributed by atoms with Gasteiger partial charge in [-0.15, -0.1) is 0 Å². The maximum Gasteiger partial charge on any atom is 0.0826 e. The van der Waals surface area contributed by atoms with Gasteiger partial charge in [-0.25, -0.2) is 0 Å². The van der Waals surface area contributed by atoms with Crippen LogP contribution in [-0.2, 0) is 4.74 Å². The molecule has 0 aliphatic carbocycles. The van der Waals surface area contributed by atoms with Crippen LogP contribution in [-0.4, -0.2) is 50.8 Å². The van der Waals surface area contributed by atoms with Crippen molar-refractivity contribution in [2.45, 2.75) is 6.10 Å². The van der Waals surface area contributed by atoms with E-state index in [9.17, 15) is 0 Å². The number of nitrogens with zero attached hydrogens (tertiary/aromatic N) is 1. The molecule has 1 aliphatic rings. The summed E-state index contributed by atoms with van der Waals surface area (Å²) in [6.07, 6.45) is 0.298. The van der Waals surface area contributed by atoms with Crippen molar-refractivity contribution >= 4 is 5.57 Å². The van der Waals surface area contributed by atoms with Crippen LogP contribution in [0.2, 0.25) is 0 Å². The molecule has 2 rings (SSSR count). The Hall–Kier alpha value is -1.16. The molecule has 1 fully saturated rings. The lowest BCUT2D eigenvalue weighted by Gasteiger charge is -2.28. The first-order chi connectivity index (χ1) is 8.75. The molecule has 0 saturated carbocycles. The molecule has 1 atom stereocenters. The standard InChI is InChI=1S/C15H22N2O/c1-13(14-6-4-3-5-7-14)11-17(2)12-15-10-16-8-9-18-15/h3-7,15-16H,1,8-12H2,2H3. The number of ether oxygens (including phenoxy) is 1. The van der Waals surface area contributed by atoms with Crippen molar-refractivity contribution < 1.29 is 4.74 Å². The van der Waals surface area contributed by atoms with E-state index in [-0.39, 0.29) is 0 Å². The molecular weight excluding hydrogens is 224 g/mol. The van der Waals surface area contributed by atoms with Gasteiger partial charge in [0.1, 0.15) is 0 Å². The van der Waals surface area contributed by atoms with Gasteiger partial charge in [0, 0.05) is 26.2 Å². The summed E-state index contributed by atoms with van der Waals surface area (Å²) in [6, 6.07) is 10.3. The molecular formula is C15H22N2O. The quantitative estimate of drug-likeness (QED) is 0.854. The van der Waals surface area contributed by atoms with Gasteiger partial charge in [0.2, 0.25) is 0 Å². The number of hydrogen-bond donors (Lipinski definition) is 1. The molecule has 1 aromatic rings. The van der Waals surface area contributed by atoms with Crippen LogP contribution in [0.4, 0.5) is 0 Å². The highest BCUT2D eigenvalue weighted by molar-refractivity contribution is 5.64. The molecule has 1 unspecified atom stereocenters. The van der Waals surface area contributed by atoms with Crippen molar-refractivity contribution in [1.29, 1.82) is 0 Å². The van der Waals surface area contributed by atoms with E-state index in [2.05, 4.69) is 48.1 Å². The van der Waals surface area contributed by atoms with E-state index in [1.165, 1.54) is 5.56 Å². The zero-order valence-electron chi connectivity index (χ0n) is 11.1. The van der Waals surface area contributed by atoms with Crippen LogP contribution in [0, 0.1) is 0 Å². The van der Waals surface area contributed by atoms with Gasteiger partial charge in [-0.2, -0.15) is 0 Å². The van der Waals surface area contributed by atoms with Gasteiger partial charge < -0.3 is 10.1 Å². The Bertz CT molecular complexity index is 371. The lowest BCUT2D eigenvalue weighted by atomic mass is 10.1. The lowest BCUT2D eigenvalue weighted by Crippen LogP contribution is -2.44. The van der Waals surface area contributed by atoms with E-state index in [4.69, 9.17) is 4.74 Å². The summed E-state index contributed by atoms with van der Waals surface area (Å²) in [5.74, 6) is 0. The smallest absolute Gasteiger partial charge is 0.0826 e. The second kappa shape index (κ2) is 6.69. The topological polar surface area (TPSA) is 24.5 Å². The maximum atomic E-state index is 5.70. The normalized spacial score (nSPS) is 20.0. The molecule has 1 N–H and O–H groups in total. The van der Waals surface area contributed by atoms with Crippen LogP contribution in [0.3, 0.4) is 0 Å². The van der Waals surface area contributed by atoms with Gasteiger partial charge in [-0.1, -0.05) is 36.9 Å². The third-order valence-corrected chi connectivity index (χ3v) is 3.16. The first kappa shape index (κ1) is 13.3. The van der Waals surface area contributed by atoms with Gasteiger partial charge in [0.15, 0.2) is 0 Å². The van der Waals surface area contributed by atoms with E-state index in [1.54, 1.807) is 0 Å². The molecule has 0 amide bonds. The zero-order valence-corrected chi connectivity index (χ0v) is 11.1. The summed E-state index contributed by atoms with van der Waals surface area (Å²) in [4.78, 5) is 2.27. The van der Waals surface area contributed by atoms with Gasteiger partial charge in [-0.3, -0.25) is 4.90 Å². The van der Waals surface area contributed by atoms with Crippen LogP contribution in [0.5, 0.6) is 0 Å². The number of rotatable bonds is 5. The number of benzene rings is 1. The molecule has 0 aromatic heterocycles. The minimum absolute atomic E-state index is 0.298. The molecule has 0 radical (unpaired) electrons. The summed E-state index contributed by atoms with van der Waals surface area (Å²) in [5, 5.41) is 3.35. The second-order valence-electron chi connectivity index (χ2n) is 4.86.